The molecule has 0 aliphatic carbocycles. The van der Waals surface area contributed by atoms with Crippen LogP contribution in [0.2, 0.25) is 10.0 Å². The number of benzene rings is 2. The Morgan fingerprint density at radius 1 is 1.04 bits per heavy atom. The van der Waals surface area contributed by atoms with E-state index in [1.54, 1.807) is 18.2 Å². The molecule has 2 aromatic carbocycles. The fourth-order valence-electron chi connectivity index (χ4n) is 2.08. The van der Waals surface area contributed by atoms with Gasteiger partial charge in [0.2, 0.25) is 0 Å². The van der Waals surface area contributed by atoms with E-state index in [9.17, 15) is 4.79 Å². The first-order valence-electron chi connectivity index (χ1n) is 7.31. The van der Waals surface area contributed by atoms with Crippen molar-refractivity contribution in [3.05, 3.63) is 57.6 Å². The van der Waals surface area contributed by atoms with Gasteiger partial charge in [-0.05, 0) is 50.1 Å². The van der Waals surface area contributed by atoms with Crippen LogP contribution in [0, 0.1) is 13.8 Å². The average molecular weight is 353 g/mol. The second-order valence-corrected chi connectivity index (χ2v) is 6.11. The summed E-state index contributed by atoms with van der Waals surface area (Å²) in [4.78, 5) is 11.9. The highest BCUT2D eigenvalue weighted by Gasteiger charge is 2.08. The van der Waals surface area contributed by atoms with E-state index >= 15 is 0 Å². The van der Waals surface area contributed by atoms with Gasteiger partial charge < -0.3 is 9.47 Å². The molecular weight excluding hydrogens is 335 g/mol. The van der Waals surface area contributed by atoms with Gasteiger partial charge in [-0.25, -0.2) is 0 Å². The molecular formula is C18H18Cl2O3. The molecule has 0 N–H and O–H groups in total. The molecule has 0 radical (unpaired) electrons. The number of halogens is 2. The SMILES string of the molecule is Cc1ccc(OC(=O)CCCOc2ccc(Cl)cc2Cl)c(C)c1. The van der Waals surface area contributed by atoms with E-state index in [0.29, 0.717) is 34.6 Å². The molecule has 0 saturated heterocycles. The first-order valence-corrected chi connectivity index (χ1v) is 8.07. The fourth-order valence-corrected chi connectivity index (χ4v) is 2.54. The van der Waals surface area contributed by atoms with E-state index in [1.807, 2.05) is 32.0 Å². The Balaban J connectivity index is 1.76. The van der Waals surface area contributed by atoms with Crippen LogP contribution in [-0.2, 0) is 4.79 Å². The van der Waals surface area contributed by atoms with Crippen molar-refractivity contribution >= 4 is 29.2 Å². The zero-order chi connectivity index (χ0) is 16.8. The molecule has 0 fully saturated rings. The number of rotatable bonds is 6. The van der Waals surface area contributed by atoms with Gasteiger partial charge in [0.1, 0.15) is 11.5 Å². The van der Waals surface area contributed by atoms with E-state index in [1.165, 1.54) is 0 Å². The summed E-state index contributed by atoms with van der Waals surface area (Å²) in [6, 6.07) is 10.7. The molecule has 0 aliphatic rings. The minimum absolute atomic E-state index is 0.275. The molecule has 0 heterocycles. The smallest absolute Gasteiger partial charge is 0.311 e. The number of carbonyl (C=O) groups is 1. The highest BCUT2D eigenvalue weighted by Crippen LogP contribution is 2.27. The van der Waals surface area contributed by atoms with Crippen molar-refractivity contribution in [1.82, 2.24) is 0 Å². The van der Waals surface area contributed by atoms with Crippen molar-refractivity contribution in [3.8, 4) is 11.5 Å². The van der Waals surface area contributed by atoms with Crippen LogP contribution in [0.1, 0.15) is 24.0 Å². The van der Waals surface area contributed by atoms with Crippen molar-refractivity contribution in [2.24, 2.45) is 0 Å². The van der Waals surface area contributed by atoms with E-state index in [2.05, 4.69) is 0 Å². The molecule has 5 heteroatoms. The maximum absolute atomic E-state index is 11.9. The summed E-state index contributed by atoms with van der Waals surface area (Å²) in [5.74, 6) is 0.879. The standard InChI is InChI=1S/C18H18Cl2O3/c1-12-5-7-16(13(2)10-12)23-18(21)4-3-9-22-17-8-6-14(19)11-15(17)20/h5-8,10-11H,3-4,9H2,1-2H3. The van der Waals surface area contributed by atoms with Gasteiger partial charge in [0, 0.05) is 11.4 Å². The Bertz CT molecular complexity index is 699. The summed E-state index contributed by atoms with van der Waals surface area (Å²) in [5.41, 5.74) is 2.08. The normalized spacial score (nSPS) is 10.4. The van der Waals surface area contributed by atoms with E-state index in [4.69, 9.17) is 32.7 Å². The van der Waals surface area contributed by atoms with Gasteiger partial charge in [0.15, 0.2) is 0 Å². The third kappa shape index (κ3) is 5.45. The number of aryl methyl sites for hydroxylation is 2. The third-order valence-electron chi connectivity index (χ3n) is 3.23. The second kappa shape index (κ2) is 8.23. The van der Waals surface area contributed by atoms with Crippen LogP contribution in [0.25, 0.3) is 0 Å². The highest BCUT2D eigenvalue weighted by atomic mass is 35.5. The Morgan fingerprint density at radius 3 is 2.48 bits per heavy atom. The summed E-state index contributed by atoms with van der Waals surface area (Å²) in [6.07, 6.45) is 0.821. The van der Waals surface area contributed by atoms with Gasteiger partial charge in [0.25, 0.3) is 0 Å². The average Bonchev–Trinajstić information content (AvgIpc) is 2.48. The summed E-state index contributed by atoms with van der Waals surface area (Å²) in [7, 11) is 0. The zero-order valence-electron chi connectivity index (χ0n) is 13.1. The Morgan fingerprint density at radius 2 is 1.78 bits per heavy atom. The van der Waals surface area contributed by atoms with Crippen molar-refractivity contribution in [2.75, 3.05) is 6.61 Å². The van der Waals surface area contributed by atoms with Crippen LogP contribution in [0.4, 0.5) is 0 Å². The van der Waals surface area contributed by atoms with Gasteiger partial charge in [0.05, 0.1) is 11.6 Å². The van der Waals surface area contributed by atoms with E-state index < -0.39 is 0 Å². The largest absolute Gasteiger partial charge is 0.492 e. The van der Waals surface area contributed by atoms with Gasteiger partial charge in [-0.3, -0.25) is 4.79 Å². The van der Waals surface area contributed by atoms with Crippen LogP contribution in [0.3, 0.4) is 0 Å². The summed E-state index contributed by atoms with van der Waals surface area (Å²) in [5, 5.41) is 1.01. The molecule has 0 atom stereocenters. The molecule has 0 aromatic heterocycles. The van der Waals surface area contributed by atoms with Gasteiger partial charge in [-0.1, -0.05) is 40.9 Å². The highest BCUT2D eigenvalue weighted by molar-refractivity contribution is 6.35. The minimum Gasteiger partial charge on any atom is -0.492 e. The number of ether oxygens (including phenoxy) is 2. The molecule has 0 saturated carbocycles. The Labute approximate surface area is 146 Å². The van der Waals surface area contributed by atoms with Crippen LogP contribution in [0.15, 0.2) is 36.4 Å². The summed E-state index contributed by atoms with van der Waals surface area (Å²) >= 11 is 11.8. The lowest BCUT2D eigenvalue weighted by Crippen LogP contribution is -2.10. The third-order valence-corrected chi connectivity index (χ3v) is 3.76. The first kappa shape index (κ1) is 17.6. The second-order valence-electron chi connectivity index (χ2n) is 5.27. The molecule has 23 heavy (non-hydrogen) atoms. The molecule has 0 bridgehead atoms. The Hall–Kier alpha value is -1.71. The molecule has 122 valence electrons. The molecule has 3 nitrogen and oxygen atoms in total. The maximum Gasteiger partial charge on any atom is 0.311 e. The van der Waals surface area contributed by atoms with Crippen molar-refractivity contribution in [1.29, 1.82) is 0 Å². The molecule has 0 aliphatic heterocycles. The Kier molecular flexibility index (Phi) is 6.31. The predicted octanol–water partition coefficient (Wildman–Crippen LogP) is 5.37. The zero-order valence-corrected chi connectivity index (χ0v) is 14.6. The van der Waals surface area contributed by atoms with Crippen LogP contribution < -0.4 is 9.47 Å². The van der Waals surface area contributed by atoms with Crippen molar-refractivity contribution in [2.45, 2.75) is 26.7 Å². The van der Waals surface area contributed by atoms with E-state index in [-0.39, 0.29) is 12.4 Å². The lowest BCUT2D eigenvalue weighted by Gasteiger charge is -2.09. The van der Waals surface area contributed by atoms with Crippen molar-refractivity contribution < 1.29 is 14.3 Å². The molecule has 2 aromatic rings. The fraction of sp³-hybridized carbons (Fsp3) is 0.278. The lowest BCUT2D eigenvalue weighted by atomic mass is 10.1. The van der Waals surface area contributed by atoms with Crippen LogP contribution >= 0.6 is 23.2 Å². The van der Waals surface area contributed by atoms with Gasteiger partial charge >= 0.3 is 5.97 Å². The number of esters is 1. The maximum atomic E-state index is 11.9. The number of hydrogen-bond acceptors (Lipinski definition) is 3. The predicted molar refractivity (Wildman–Crippen MR) is 92.7 cm³/mol. The van der Waals surface area contributed by atoms with Gasteiger partial charge in [-0.2, -0.15) is 0 Å². The van der Waals surface area contributed by atoms with E-state index in [0.717, 1.165) is 11.1 Å². The quantitative estimate of drug-likeness (QED) is 0.398. The monoisotopic (exact) mass is 352 g/mol. The van der Waals surface area contributed by atoms with Gasteiger partial charge in [-0.15, -0.1) is 0 Å². The molecule has 2 rings (SSSR count). The van der Waals surface area contributed by atoms with Crippen molar-refractivity contribution in [3.63, 3.8) is 0 Å². The molecule has 0 spiro atoms. The number of carbonyl (C=O) groups excluding carboxylic acids is 1. The topological polar surface area (TPSA) is 35.5 Å². The molecule has 0 amide bonds. The molecule has 0 unspecified atom stereocenters. The minimum atomic E-state index is -0.275. The summed E-state index contributed by atoms with van der Waals surface area (Å²) < 4.78 is 10.9. The van der Waals surface area contributed by atoms with Crippen LogP contribution in [0.5, 0.6) is 11.5 Å². The van der Waals surface area contributed by atoms with Crippen LogP contribution in [-0.4, -0.2) is 12.6 Å². The first-order chi connectivity index (χ1) is 11.0. The summed E-state index contributed by atoms with van der Waals surface area (Å²) in [6.45, 7) is 4.29. The lowest BCUT2D eigenvalue weighted by molar-refractivity contribution is -0.134. The number of hydrogen-bond donors (Lipinski definition) is 0.